The molecular formula is C13H30N2O. The molecule has 0 rings (SSSR count). The number of ether oxygens (including phenoxy) is 1. The first-order valence-corrected chi connectivity index (χ1v) is 6.30. The molecule has 0 aromatic heterocycles. The number of hydrogen-bond donors (Lipinski definition) is 2. The van der Waals surface area contributed by atoms with Gasteiger partial charge in [-0.15, -0.1) is 0 Å². The van der Waals surface area contributed by atoms with Gasteiger partial charge in [0.05, 0.1) is 5.60 Å². The summed E-state index contributed by atoms with van der Waals surface area (Å²) in [6.07, 6.45) is 1.92. The highest BCUT2D eigenvalue weighted by atomic mass is 16.5. The molecule has 0 aliphatic carbocycles. The first-order chi connectivity index (χ1) is 7.18. The molecule has 0 radical (unpaired) electrons. The zero-order valence-electron chi connectivity index (χ0n) is 11.9. The molecule has 3 heteroatoms. The quantitative estimate of drug-likeness (QED) is 0.672. The van der Waals surface area contributed by atoms with Crippen LogP contribution in [0, 0.1) is 0 Å². The van der Waals surface area contributed by atoms with Crippen molar-refractivity contribution in [2.24, 2.45) is 5.73 Å². The third kappa shape index (κ3) is 8.08. The molecule has 0 aliphatic rings. The maximum Gasteiger partial charge on any atom is 0.0638 e. The maximum absolute atomic E-state index is 5.87. The highest BCUT2D eigenvalue weighted by Gasteiger charge is 2.21. The van der Waals surface area contributed by atoms with Crippen molar-refractivity contribution >= 4 is 0 Å². The molecule has 0 atom stereocenters. The molecule has 98 valence electrons. The summed E-state index contributed by atoms with van der Waals surface area (Å²) >= 11 is 0. The van der Waals surface area contributed by atoms with Gasteiger partial charge in [-0.2, -0.15) is 0 Å². The van der Waals surface area contributed by atoms with E-state index in [9.17, 15) is 0 Å². The molecule has 0 bridgehead atoms. The van der Waals surface area contributed by atoms with Gasteiger partial charge in [-0.05, 0) is 47.1 Å². The molecule has 0 aromatic rings. The lowest BCUT2D eigenvalue weighted by Gasteiger charge is -2.31. The molecule has 3 N–H and O–H groups in total. The van der Waals surface area contributed by atoms with Crippen molar-refractivity contribution in [2.45, 2.75) is 71.6 Å². The molecule has 0 amide bonds. The van der Waals surface area contributed by atoms with Crippen molar-refractivity contribution in [3.8, 4) is 0 Å². The van der Waals surface area contributed by atoms with Crippen LogP contribution < -0.4 is 11.1 Å². The highest BCUT2D eigenvalue weighted by Crippen LogP contribution is 2.16. The Kier molecular flexibility index (Phi) is 6.53. The third-order valence-electron chi connectivity index (χ3n) is 2.65. The van der Waals surface area contributed by atoms with Gasteiger partial charge in [-0.1, -0.05) is 13.8 Å². The van der Waals surface area contributed by atoms with Crippen LogP contribution in [0.5, 0.6) is 0 Å². The molecule has 0 saturated carbocycles. The van der Waals surface area contributed by atoms with Crippen LogP contribution >= 0.6 is 0 Å². The van der Waals surface area contributed by atoms with Gasteiger partial charge in [0.25, 0.3) is 0 Å². The Morgan fingerprint density at radius 1 is 1.12 bits per heavy atom. The second kappa shape index (κ2) is 6.58. The average molecular weight is 230 g/mol. The summed E-state index contributed by atoms with van der Waals surface area (Å²) in [6.45, 7) is 14.4. The van der Waals surface area contributed by atoms with E-state index < -0.39 is 0 Å². The smallest absolute Gasteiger partial charge is 0.0638 e. The second-order valence-corrected chi connectivity index (χ2v) is 6.08. The minimum absolute atomic E-state index is 0.0946. The number of rotatable bonds is 8. The van der Waals surface area contributed by atoms with Gasteiger partial charge in [-0.25, -0.2) is 0 Å². The fraction of sp³-hybridized carbons (Fsp3) is 1.00. The Labute approximate surface area is 101 Å². The van der Waals surface area contributed by atoms with Crippen LogP contribution in [0.15, 0.2) is 0 Å². The molecule has 0 heterocycles. The predicted molar refractivity (Wildman–Crippen MR) is 70.7 cm³/mol. The van der Waals surface area contributed by atoms with E-state index in [0.29, 0.717) is 12.6 Å². The molecule has 0 saturated heterocycles. The standard InChI is InChI=1S/C13H30N2O/c1-11(2)15-12(3,4)8-10-16-13(5,6)7-9-14/h11,15H,7-10,14H2,1-6H3. The molecule has 16 heavy (non-hydrogen) atoms. The summed E-state index contributed by atoms with van der Waals surface area (Å²) in [7, 11) is 0. The van der Waals surface area contributed by atoms with E-state index in [1.807, 2.05) is 0 Å². The fourth-order valence-corrected chi connectivity index (χ4v) is 1.86. The number of nitrogens with one attached hydrogen (secondary N) is 1. The monoisotopic (exact) mass is 230 g/mol. The first-order valence-electron chi connectivity index (χ1n) is 6.30. The van der Waals surface area contributed by atoms with Gasteiger partial charge in [-0.3, -0.25) is 0 Å². The minimum atomic E-state index is -0.0946. The average Bonchev–Trinajstić information content (AvgIpc) is 1.99. The Morgan fingerprint density at radius 3 is 2.12 bits per heavy atom. The number of hydrogen-bond acceptors (Lipinski definition) is 3. The predicted octanol–water partition coefficient (Wildman–Crippen LogP) is 2.30. The van der Waals surface area contributed by atoms with Crippen molar-refractivity contribution in [3.63, 3.8) is 0 Å². The highest BCUT2D eigenvalue weighted by molar-refractivity contribution is 4.79. The van der Waals surface area contributed by atoms with E-state index in [1.54, 1.807) is 0 Å². The summed E-state index contributed by atoms with van der Waals surface area (Å²) in [4.78, 5) is 0. The van der Waals surface area contributed by atoms with Crippen molar-refractivity contribution in [2.75, 3.05) is 13.2 Å². The normalized spacial score (nSPS) is 13.5. The van der Waals surface area contributed by atoms with Crippen LogP contribution in [0.1, 0.15) is 54.4 Å². The van der Waals surface area contributed by atoms with Crippen LogP contribution in [0.3, 0.4) is 0 Å². The van der Waals surface area contributed by atoms with Crippen LogP contribution in [0.2, 0.25) is 0 Å². The summed E-state index contributed by atoms with van der Waals surface area (Å²) in [5.74, 6) is 0. The Balaban J connectivity index is 3.88. The zero-order chi connectivity index (χ0) is 12.8. The minimum Gasteiger partial charge on any atom is -0.375 e. The lowest BCUT2D eigenvalue weighted by atomic mass is 9.99. The van der Waals surface area contributed by atoms with Gasteiger partial charge in [0.1, 0.15) is 0 Å². The SMILES string of the molecule is CC(C)NC(C)(C)CCOC(C)(C)CCN. The molecule has 0 aromatic carbocycles. The van der Waals surface area contributed by atoms with Crippen molar-refractivity contribution in [3.05, 3.63) is 0 Å². The van der Waals surface area contributed by atoms with E-state index in [0.717, 1.165) is 19.4 Å². The van der Waals surface area contributed by atoms with Crippen molar-refractivity contribution in [1.82, 2.24) is 5.32 Å². The molecule has 3 nitrogen and oxygen atoms in total. The Hall–Kier alpha value is -0.120. The lowest BCUT2D eigenvalue weighted by molar-refractivity contribution is -0.0294. The molecule has 0 aliphatic heterocycles. The summed E-state index contributed by atoms with van der Waals surface area (Å²) in [5, 5.41) is 3.53. The van der Waals surface area contributed by atoms with Crippen LogP contribution in [0.25, 0.3) is 0 Å². The van der Waals surface area contributed by atoms with E-state index in [-0.39, 0.29) is 11.1 Å². The van der Waals surface area contributed by atoms with Crippen molar-refractivity contribution in [1.29, 1.82) is 0 Å². The lowest BCUT2D eigenvalue weighted by Crippen LogP contribution is -2.44. The summed E-state index contributed by atoms with van der Waals surface area (Å²) in [5.41, 5.74) is 5.58. The van der Waals surface area contributed by atoms with E-state index in [1.165, 1.54) is 0 Å². The topological polar surface area (TPSA) is 47.3 Å². The third-order valence-corrected chi connectivity index (χ3v) is 2.65. The van der Waals surface area contributed by atoms with Gasteiger partial charge in [0.2, 0.25) is 0 Å². The second-order valence-electron chi connectivity index (χ2n) is 6.08. The first kappa shape index (κ1) is 15.9. The molecule has 0 unspecified atom stereocenters. The largest absolute Gasteiger partial charge is 0.375 e. The molecular weight excluding hydrogens is 200 g/mol. The Morgan fingerprint density at radius 2 is 1.69 bits per heavy atom. The van der Waals surface area contributed by atoms with Gasteiger partial charge >= 0.3 is 0 Å². The van der Waals surface area contributed by atoms with Gasteiger partial charge in [0.15, 0.2) is 0 Å². The molecule has 0 spiro atoms. The zero-order valence-corrected chi connectivity index (χ0v) is 11.9. The maximum atomic E-state index is 5.87. The van der Waals surface area contributed by atoms with E-state index in [4.69, 9.17) is 10.5 Å². The summed E-state index contributed by atoms with van der Waals surface area (Å²) < 4.78 is 5.87. The van der Waals surface area contributed by atoms with Crippen molar-refractivity contribution < 1.29 is 4.74 Å². The van der Waals surface area contributed by atoms with Crippen LogP contribution in [0.4, 0.5) is 0 Å². The van der Waals surface area contributed by atoms with Gasteiger partial charge in [0, 0.05) is 18.2 Å². The van der Waals surface area contributed by atoms with E-state index >= 15 is 0 Å². The fourth-order valence-electron chi connectivity index (χ4n) is 1.86. The van der Waals surface area contributed by atoms with Crippen LogP contribution in [-0.2, 0) is 4.74 Å². The molecule has 0 fully saturated rings. The number of nitrogens with two attached hydrogens (primary N) is 1. The van der Waals surface area contributed by atoms with Crippen LogP contribution in [-0.4, -0.2) is 30.3 Å². The van der Waals surface area contributed by atoms with Gasteiger partial charge < -0.3 is 15.8 Å². The van der Waals surface area contributed by atoms with E-state index in [2.05, 4.69) is 46.9 Å². The Bertz CT molecular complexity index is 188. The summed E-state index contributed by atoms with van der Waals surface area (Å²) in [6, 6.07) is 0.507.